The van der Waals surface area contributed by atoms with E-state index in [2.05, 4.69) is 32.1 Å². The van der Waals surface area contributed by atoms with Crippen LogP contribution >= 0.6 is 0 Å². The number of likely N-dealkylation sites (tertiary alicyclic amines) is 1. The predicted octanol–water partition coefficient (Wildman–Crippen LogP) is 3.92. The first-order chi connectivity index (χ1) is 17.4. The zero-order valence-corrected chi connectivity index (χ0v) is 20.6. The highest BCUT2D eigenvalue weighted by Gasteiger charge is 2.25. The molecular weight excluding hydrogens is 459 g/mol. The Morgan fingerprint density at radius 1 is 1.14 bits per heavy atom. The Morgan fingerprint density at radius 2 is 1.89 bits per heavy atom. The summed E-state index contributed by atoms with van der Waals surface area (Å²) in [5.74, 6) is -0.342. The van der Waals surface area contributed by atoms with Crippen LogP contribution in [0, 0.1) is 5.82 Å². The minimum Gasteiger partial charge on any atom is -0.375 e. The fraction of sp³-hybridized carbons (Fsp3) is 0.370. The van der Waals surface area contributed by atoms with Crippen molar-refractivity contribution in [3.8, 4) is 0 Å². The van der Waals surface area contributed by atoms with E-state index < -0.39 is 11.9 Å². The topological polar surface area (TPSA) is 93.4 Å². The van der Waals surface area contributed by atoms with Gasteiger partial charge in [-0.15, -0.1) is 0 Å². The lowest BCUT2D eigenvalue weighted by atomic mass is 10.1. The van der Waals surface area contributed by atoms with Crippen molar-refractivity contribution in [2.24, 2.45) is 0 Å². The first-order valence-electron chi connectivity index (χ1n) is 12.3. The molecule has 2 aromatic carbocycles. The van der Waals surface area contributed by atoms with Gasteiger partial charge in [0, 0.05) is 38.8 Å². The number of piperidine rings is 1. The number of aromatic amines is 1. The van der Waals surface area contributed by atoms with Gasteiger partial charge in [0.1, 0.15) is 17.4 Å². The summed E-state index contributed by atoms with van der Waals surface area (Å²) in [7, 11) is 1.69. The quantitative estimate of drug-likeness (QED) is 0.422. The van der Waals surface area contributed by atoms with E-state index in [1.54, 1.807) is 24.1 Å². The van der Waals surface area contributed by atoms with E-state index in [4.69, 9.17) is 0 Å². The Kier molecular flexibility index (Phi) is 8.20. The lowest BCUT2D eigenvalue weighted by molar-refractivity contribution is -0.123. The number of H-pyrrole nitrogens is 1. The molecule has 2 heterocycles. The van der Waals surface area contributed by atoms with Gasteiger partial charge < -0.3 is 25.4 Å². The Hall–Kier alpha value is -3.88. The second-order valence-electron chi connectivity index (χ2n) is 9.20. The maximum absolute atomic E-state index is 14.0. The third kappa shape index (κ3) is 6.41. The molecule has 3 N–H and O–H groups in total. The number of amides is 3. The van der Waals surface area contributed by atoms with Crippen LogP contribution in [0.15, 0.2) is 60.8 Å². The van der Waals surface area contributed by atoms with Crippen LogP contribution in [0.5, 0.6) is 0 Å². The fourth-order valence-corrected chi connectivity index (χ4v) is 4.40. The molecule has 8 nitrogen and oxygen atoms in total. The second kappa shape index (κ2) is 11.7. The Morgan fingerprint density at radius 3 is 2.61 bits per heavy atom. The standard InChI is InChI=1S/C27H33FN6O2/c1-19(34-14-7-4-8-15-34)16-23(31-27(36)33(2)18-20-10-5-3-6-11-20)26(35)29-17-24-30-22-13-9-12-21(28)25(22)32-24/h3,5-6,9-13,23H,1,4,7-8,14-18H2,2H3,(H,29,35)(H,30,32)(H,31,36)/t23-/m0/s1. The number of benzene rings is 2. The van der Waals surface area contributed by atoms with Crippen LogP contribution in [0.3, 0.4) is 0 Å². The van der Waals surface area contributed by atoms with Crippen molar-refractivity contribution < 1.29 is 14.0 Å². The van der Waals surface area contributed by atoms with E-state index in [9.17, 15) is 14.0 Å². The van der Waals surface area contributed by atoms with Crippen molar-refractivity contribution >= 4 is 23.0 Å². The number of aromatic nitrogens is 2. The predicted molar refractivity (Wildman–Crippen MR) is 137 cm³/mol. The van der Waals surface area contributed by atoms with Crippen molar-refractivity contribution in [3.63, 3.8) is 0 Å². The van der Waals surface area contributed by atoms with Crippen LogP contribution in [0.2, 0.25) is 0 Å². The monoisotopic (exact) mass is 492 g/mol. The van der Waals surface area contributed by atoms with Gasteiger partial charge in [-0.25, -0.2) is 14.2 Å². The van der Waals surface area contributed by atoms with Crippen molar-refractivity contribution in [2.45, 2.75) is 44.8 Å². The molecule has 0 saturated carbocycles. The molecule has 0 bridgehead atoms. The largest absolute Gasteiger partial charge is 0.375 e. The van der Waals surface area contributed by atoms with Gasteiger partial charge in [0.25, 0.3) is 0 Å². The number of fused-ring (bicyclic) bond motifs is 1. The molecule has 1 aromatic heterocycles. The number of para-hydroxylation sites is 1. The third-order valence-corrected chi connectivity index (χ3v) is 6.41. The van der Waals surface area contributed by atoms with Crippen molar-refractivity contribution in [3.05, 3.63) is 78.0 Å². The van der Waals surface area contributed by atoms with Gasteiger partial charge >= 0.3 is 6.03 Å². The number of hydrogen-bond donors (Lipinski definition) is 3. The van der Waals surface area contributed by atoms with Crippen molar-refractivity contribution in [1.82, 2.24) is 30.4 Å². The average Bonchev–Trinajstić information content (AvgIpc) is 3.32. The molecule has 0 unspecified atom stereocenters. The van der Waals surface area contributed by atoms with E-state index in [1.807, 2.05) is 30.3 Å². The molecule has 1 aliphatic heterocycles. The molecule has 9 heteroatoms. The summed E-state index contributed by atoms with van der Waals surface area (Å²) >= 11 is 0. The van der Waals surface area contributed by atoms with Gasteiger partial charge in [-0.3, -0.25) is 4.79 Å². The SMILES string of the molecule is C=C(C[C@H](NC(=O)N(C)Cc1ccccc1)C(=O)NCc1nc2c(F)cccc2[nH]1)N1CCCCC1. The zero-order chi connectivity index (χ0) is 25.5. The number of nitrogens with one attached hydrogen (secondary N) is 3. The molecule has 0 aliphatic carbocycles. The molecule has 36 heavy (non-hydrogen) atoms. The molecule has 1 aliphatic rings. The van der Waals surface area contributed by atoms with Crippen LogP contribution < -0.4 is 10.6 Å². The van der Waals surface area contributed by atoms with Gasteiger partial charge in [-0.2, -0.15) is 0 Å². The smallest absolute Gasteiger partial charge is 0.318 e. The van der Waals surface area contributed by atoms with E-state index in [0.717, 1.165) is 37.2 Å². The Bertz CT molecular complexity index is 1210. The van der Waals surface area contributed by atoms with Gasteiger partial charge in [-0.05, 0) is 37.0 Å². The summed E-state index contributed by atoms with van der Waals surface area (Å²) in [6.45, 7) is 6.50. The summed E-state index contributed by atoms with van der Waals surface area (Å²) in [6, 6.07) is 13.2. The van der Waals surface area contributed by atoms with E-state index in [-0.39, 0.29) is 24.0 Å². The van der Waals surface area contributed by atoms with E-state index >= 15 is 0 Å². The van der Waals surface area contributed by atoms with Crippen LogP contribution in [0.25, 0.3) is 11.0 Å². The molecule has 190 valence electrons. The maximum atomic E-state index is 14.0. The lowest BCUT2D eigenvalue weighted by Crippen LogP contribution is -2.51. The summed E-state index contributed by atoms with van der Waals surface area (Å²) in [5, 5.41) is 5.71. The molecule has 1 atom stereocenters. The summed E-state index contributed by atoms with van der Waals surface area (Å²) in [4.78, 5) is 37.2. The molecule has 4 rings (SSSR count). The number of urea groups is 1. The number of rotatable bonds is 9. The average molecular weight is 493 g/mol. The van der Waals surface area contributed by atoms with Crippen molar-refractivity contribution in [2.75, 3.05) is 20.1 Å². The maximum Gasteiger partial charge on any atom is 0.318 e. The minimum absolute atomic E-state index is 0.0787. The first-order valence-corrected chi connectivity index (χ1v) is 12.3. The van der Waals surface area contributed by atoms with E-state index in [1.165, 1.54) is 12.5 Å². The second-order valence-corrected chi connectivity index (χ2v) is 9.20. The molecule has 1 saturated heterocycles. The van der Waals surface area contributed by atoms with Gasteiger partial charge in [-0.1, -0.05) is 43.0 Å². The van der Waals surface area contributed by atoms with Crippen LogP contribution in [0.4, 0.5) is 9.18 Å². The molecule has 3 aromatic rings. The summed E-state index contributed by atoms with van der Waals surface area (Å²) in [6.07, 6.45) is 3.66. The number of hydrogen-bond acceptors (Lipinski definition) is 4. The van der Waals surface area contributed by atoms with Crippen LogP contribution in [-0.4, -0.2) is 57.9 Å². The number of nitrogens with zero attached hydrogens (tertiary/aromatic N) is 3. The fourth-order valence-electron chi connectivity index (χ4n) is 4.40. The number of carbonyl (C=O) groups excluding carboxylic acids is 2. The minimum atomic E-state index is -0.814. The highest BCUT2D eigenvalue weighted by Crippen LogP contribution is 2.18. The van der Waals surface area contributed by atoms with Gasteiger partial charge in [0.15, 0.2) is 5.82 Å². The molecule has 1 fully saturated rings. The highest BCUT2D eigenvalue weighted by molar-refractivity contribution is 5.87. The first kappa shape index (κ1) is 25.2. The van der Waals surface area contributed by atoms with Crippen LogP contribution in [-0.2, 0) is 17.9 Å². The summed E-state index contributed by atoms with van der Waals surface area (Å²) < 4.78 is 14.0. The zero-order valence-electron chi connectivity index (χ0n) is 20.6. The van der Waals surface area contributed by atoms with Crippen molar-refractivity contribution in [1.29, 1.82) is 0 Å². The van der Waals surface area contributed by atoms with Gasteiger partial charge in [0.05, 0.1) is 12.1 Å². The number of carbonyl (C=O) groups is 2. The number of imidazole rings is 1. The Labute approximate surface area is 210 Å². The molecule has 0 radical (unpaired) electrons. The van der Waals surface area contributed by atoms with Gasteiger partial charge in [0.2, 0.25) is 5.91 Å². The summed E-state index contributed by atoms with van der Waals surface area (Å²) in [5.41, 5.74) is 2.61. The molecule has 3 amide bonds. The number of halogens is 1. The normalized spacial score (nSPS) is 14.3. The molecule has 0 spiro atoms. The van der Waals surface area contributed by atoms with Crippen LogP contribution in [0.1, 0.15) is 37.1 Å². The van der Waals surface area contributed by atoms with E-state index in [0.29, 0.717) is 24.3 Å². The highest BCUT2D eigenvalue weighted by atomic mass is 19.1. The lowest BCUT2D eigenvalue weighted by Gasteiger charge is -2.32. The Balaban J connectivity index is 1.42. The third-order valence-electron chi connectivity index (χ3n) is 6.41. The molecular formula is C27H33FN6O2.